The van der Waals surface area contributed by atoms with Crippen molar-refractivity contribution in [2.45, 2.75) is 27.2 Å². The first-order valence-corrected chi connectivity index (χ1v) is 7.50. The van der Waals surface area contributed by atoms with Crippen LogP contribution in [-0.2, 0) is 6.42 Å². The summed E-state index contributed by atoms with van der Waals surface area (Å²) in [6.45, 7) is 6.69. The summed E-state index contributed by atoms with van der Waals surface area (Å²) in [7, 11) is 0. The highest BCUT2D eigenvalue weighted by Crippen LogP contribution is 2.30. The summed E-state index contributed by atoms with van der Waals surface area (Å²) in [4.78, 5) is 0. The lowest BCUT2D eigenvalue weighted by Gasteiger charge is -2.14. The van der Waals surface area contributed by atoms with Gasteiger partial charge in [-0.15, -0.1) is 0 Å². The van der Waals surface area contributed by atoms with E-state index in [0.29, 0.717) is 5.92 Å². The Hall–Kier alpha value is -0.830. The Kier molecular flexibility index (Phi) is 4.44. The molecule has 0 saturated heterocycles. The van der Waals surface area contributed by atoms with E-state index in [1.165, 1.54) is 25.8 Å². The first-order valence-electron chi connectivity index (χ1n) is 6.42. The van der Waals surface area contributed by atoms with Gasteiger partial charge in [-0.1, -0.05) is 55.8 Å². The maximum absolute atomic E-state index is 2.44. The van der Waals surface area contributed by atoms with Gasteiger partial charge in [0.05, 0.1) is 0 Å². The van der Waals surface area contributed by atoms with E-state index < -0.39 is 0 Å². The van der Waals surface area contributed by atoms with Crippen LogP contribution in [0.3, 0.4) is 0 Å². The number of halogens is 1. The molecule has 0 bridgehead atoms. The van der Waals surface area contributed by atoms with Crippen molar-refractivity contribution >= 4 is 22.6 Å². The van der Waals surface area contributed by atoms with Gasteiger partial charge in [0.25, 0.3) is 0 Å². The van der Waals surface area contributed by atoms with Crippen molar-refractivity contribution in [1.29, 1.82) is 0 Å². The molecule has 0 aliphatic rings. The van der Waals surface area contributed by atoms with E-state index in [-0.39, 0.29) is 0 Å². The average Bonchev–Trinajstić information content (AvgIpc) is 2.30. The van der Waals surface area contributed by atoms with E-state index >= 15 is 0 Å². The van der Waals surface area contributed by atoms with Gasteiger partial charge in [-0.2, -0.15) is 0 Å². The van der Waals surface area contributed by atoms with Crippen LogP contribution < -0.4 is 0 Å². The fourth-order valence-corrected chi connectivity index (χ4v) is 3.09. The molecule has 94 valence electrons. The molecule has 0 aliphatic heterocycles. The maximum Gasteiger partial charge on any atom is 0.0211 e. The van der Waals surface area contributed by atoms with Crippen LogP contribution in [0, 0.1) is 16.4 Å². The van der Waals surface area contributed by atoms with Gasteiger partial charge in [0.1, 0.15) is 0 Å². The average molecular weight is 350 g/mol. The highest BCUT2D eigenvalue weighted by Gasteiger charge is 2.10. The van der Waals surface area contributed by atoms with E-state index in [0.717, 1.165) is 6.42 Å². The minimum atomic E-state index is 0.687. The van der Waals surface area contributed by atoms with Gasteiger partial charge in [-0.3, -0.25) is 0 Å². The van der Waals surface area contributed by atoms with Crippen molar-refractivity contribution in [3.63, 3.8) is 0 Å². The smallest absolute Gasteiger partial charge is 0.0211 e. The summed E-state index contributed by atoms with van der Waals surface area (Å²) in [6.07, 6.45) is 1.14. The second-order valence-corrected chi connectivity index (χ2v) is 6.40. The predicted octanol–water partition coefficient (Wildman–Crippen LogP) is 5.47. The minimum Gasteiger partial charge on any atom is -0.0625 e. The SMILES string of the molecule is Cc1ccc(-c2c(I)cccc2CC(C)C)cc1. The summed E-state index contributed by atoms with van der Waals surface area (Å²) < 4.78 is 1.34. The van der Waals surface area contributed by atoms with E-state index in [2.05, 4.69) is 85.8 Å². The van der Waals surface area contributed by atoms with Crippen LogP contribution >= 0.6 is 22.6 Å². The lowest BCUT2D eigenvalue weighted by molar-refractivity contribution is 0.648. The van der Waals surface area contributed by atoms with Crippen LogP contribution in [-0.4, -0.2) is 0 Å². The highest BCUT2D eigenvalue weighted by atomic mass is 127. The van der Waals surface area contributed by atoms with Gasteiger partial charge >= 0.3 is 0 Å². The van der Waals surface area contributed by atoms with Gasteiger partial charge in [0, 0.05) is 3.57 Å². The molecule has 2 aromatic carbocycles. The normalized spacial score (nSPS) is 10.9. The molecule has 0 nitrogen and oxygen atoms in total. The second-order valence-electron chi connectivity index (χ2n) is 5.24. The molecule has 0 N–H and O–H groups in total. The standard InChI is InChI=1S/C17H19I/c1-12(2)11-15-5-4-6-16(18)17(15)14-9-7-13(3)8-10-14/h4-10,12H,11H2,1-3H3. The molecule has 0 aromatic heterocycles. The van der Waals surface area contributed by atoms with Gasteiger partial charge in [0.15, 0.2) is 0 Å². The van der Waals surface area contributed by atoms with Crippen LogP contribution in [0.4, 0.5) is 0 Å². The fourth-order valence-electron chi connectivity index (χ4n) is 2.22. The predicted molar refractivity (Wildman–Crippen MR) is 87.9 cm³/mol. The molecule has 0 spiro atoms. The number of rotatable bonds is 3. The molecule has 1 heteroatoms. The minimum absolute atomic E-state index is 0.687. The molecule has 0 heterocycles. The number of aryl methyl sites for hydroxylation is 1. The molecule has 0 aliphatic carbocycles. The fraction of sp³-hybridized carbons (Fsp3) is 0.294. The van der Waals surface area contributed by atoms with Crippen LogP contribution in [0.1, 0.15) is 25.0 Å². The Bertz CT molecular complexity index is 524. The van der Waals surface area contributed by atoms with Gasteiger partial charge in [-0.25, -0.2) is 0 Å². The molecule has 0 fully saturated rings. The summed E-state index contributed by atoms with van der Waals surface area (Å²) >= 11 is 2.44. The lowest BCUT2D eigenvalue weighted by Crippen LogP contribution is -1.98. The topological polar surface area (TPSA) is 0 Å². The van der Waals surface area contributed by atoms with Crippen LogP contribution in [0.15, 0.2) is 42.5 Å². The molecule has 0 atom stereocenters. The van der Waals surface area contributed by atoms with Crippen LogP contribution in [0.2, 0.25) is 0 Å². The number of benzene rings is 2. The van der Waals surface area contributed by atoms with Crippen molar-refractivity contribution in [2.75, 3.05) is 0 Å². The molecule has 0 radical (unpaired) electrons. The first-order chi connectivity index (χ1) is 8.58. The lowest BCUT2D eigenvalue weighted by atomic mass is 9.93. The Morgan fingerprint density at radius 3 is 2.28 bits per heavy atom. The van der Waals surface area contributed by atoms with Crippen LogP contribution in [0.25, 0.3) is 11.1 Å². The Balaban J connectivity index is 2.51. The third-order valence-corrected chi connectivity index (χ3v) is 3.97. The third kappa shape index (κ3) is 3.14. The highest BCUT2D eigenvalue weighted by molar-refractivity contribution is 14.1. The Labute approximate surface area is 124 Å². The largest absolute Gasteiger partial charge is 0.0625 e. The van der Waals surface area contributed by atoms with E-state index in [4.69, 9.17) is 0 Å². The van der Waals surface area contributed by atoms with Gasteiger partial charge < -0.3 is 0 Å². The molecule has 0 saturated carbocycles. The van der Waals surface area contributed by atoms with Crippen molar-refractivity contribution < 1.29 is 0 Å². The number of hydrogen-bond donors (Lipinski definition) is 0. The van der Waals surface area contributed by atoms with Gasteiger partial charge in [0.2, 0.25) is 0 Å². The van der Waals surface area contributed by atoms with Crippen molar-refractivity contribution in [3.8, 4) is 11.1 Å². The van der Waals surface area contributed by atoms with Crippen molar-refractivity contribution in [1.82, 2.24) is 0 Å². The molecule has 0 unspecified atom stereocenters. The summed E-state index contributed by atoms with van der Waals surface area (Å²) in [5, 5.41) is 0. The van der Waals surface area contributed by atoms with E-state index in [1.54, 1.807) is 0 Å². The zero-order valence-corrected chi connectivity index (χ0v) is 13.4. The number of hydrogen-bond acceptors (Lipinski definition) is 0. The van der Waals surface area contributed by atoms with Gasteiger partial charge in [-0.05, 0) is 64.6 Å². The molecule has 0 amide bonds. The summed E-state index contributed by atoms with van der Waals surface area (Å²) in [5.74, 6) is 0.687. The molecule has 2 rings (SSSR count). The van der Waals surface area contributed by atoms with Crippen molar-refractivity contribution in [3.05, 3.63) is 57.2 Å². The quantitative estimate of drug-likeness (QED) is 0.645. The first kappa shape index (κ1) is 13.6. The Morgan fingerprint density at radius 1 is 1.00 bits per heavy atom. The molecule has 18 heavy (non-hydrogen) atoms. The molecule has 2 aromatic rings. The molecular formula is C17H19I. The summed E-state index contributed by atoms with van der Waals surface area (Å²) in [5.41, 5.74) is 5.52. The maximum atomic E-state index is 2.44. The zero-order valence-electron chi connectivity index (χ0n) is 11.2. The van der Waals surface area contributed by atoms with E-state index in [9.17, 15) is 0 Å². The second kappa shape index (κ2) is 5.87. The molecular weight excluding hydrogens is 331 g/mol. The van der Waals surface area contributed by atoms with Crippen molar-refractivity contribution in [2.24, 2.45) is 5.92 Å². The monoisotopic (exact) mass is 350 g/mol. The Morgan fingerprint density at radius 2 is 1.67 bits per heavy atom. The third-order valence-electron chi connectivity index (χ3n) is 3.07. The van der Waals surface area contributed by atoms with Crippen LogP contribution in [0.5, 0.6) is 0 Å². The van der Waals surface area contributed by atoms with E-state index in [1.807, 2.05) is 0 Å². The summed E-state index contributed by atoms with van der Waals surface area (Å²) in [6, 6.07) is 15.5. The zero-order chi connectivity index (χ0) is 13.1.